The molecule has 1 atom stereocenters. The highest BCUT2D eigenvalue weighted by Crippen LogP contribution is 2.18. The van der Waals surface area contributed by atoms with Gasteiger partial charge in [0, 0.05) is 37.1 Å². The van der Waals surface area contributed by atoms with Crippen molar-refractivity contribution in [3.05, 3.63) is 55.1 Å². The number of fused-ring (bicyclic) bond motifs is 1. The summed E-state index contributed by atoms with van der Waals surface area (Å²) in [5.74, 6) is 0.620. The highest BCUT2D eigenvalue weighted by molar-refractivity contribution is 5.83. The van der Waals surface area contributed by atoms with E-state index in [2.05, 4.69) is 16.0 Å². The molecule has 3 heterocycles. The van der Waals surface area contributed by atoms with Crippen LogP contribution in [0.2, 0.25) is 0 Å². The van der Waals surface area contributed by atoms with Gasteiger partial charge in [-0.25, -0.2) is 4.98 Å². The third kappa shape index (κ3) is 2.95. The van der Waals surface area contributed by atoms with E-state index in [1.165, 1.54) is 0 Å². The molecule has 0 spiro atoms. The van der Waals surface area contributed by atoms with E-state index in [4.69, 9.17) is 4.74 Å². The molecule has 1 aliphatic heterocycles. The van der Waals surface area contributed by atoms with E-state index < -0.39 is 0 Å². The predicted molar refractivity (Wildman–Crippen MR) is 89.6 cm³/mol. The Morgan fingerprint density at radius 2 is 2.17 bits per heavy atom. The molecule has 24 heavy (non-hydrogen) atoms. The third-order valence-electron chi connectivity index (χ3n) is 4.31. The Kier molecular flexibility index (Phi) is 3.86. The quantitative estimate of drug-likeness (QED) is 0.738. The van der Waals surface area contributed by atoms with Crippen LogP contribution in [0, 0.1) is 0 Å². The fraction of sp³-hybridized carbons (Fsp3) is 0.278. The van der Waals surface area contributed by atoms with Crippen LogP contribution in [0.3, 0.4) is 0 Å². The van der Waals surface area contributed by atoms with Crippen LogP contribution >= 0.6 is 0 Å². The van der Waals surface area contributed by atoms with Gasteiger partial charge >= 0.3 is 0 Å². The van der Waals surface area contributed by atoms with E-state index in [0.717, 1.165) is 17.3 Å². The molecule has 4 rings (SSSR count). The lowest BCUT2D eigenvalue weighted by atomic mass is 10.2. The van der Waals surface area contributed by atoms with Gasteiger partial charge in [0.25, 0.3) is 0 Å². The lowest BCUT2D eigenvalue weighted by molar-refractivity contribution is -0.131. The van der Waals surface area contributed by atoms with Gasteiger partial charge in [-0.2, -0.15) is 0 Å². The number of hydrogen-bond acceptors (Lipinski definition) is 4. The fourth-order valence-corrected chi connectivity index (χ4v) is 3.09. The Balaban J connectivity index is 1.39. The number of carbonyl (C=O) groups excluding carboxylic acids is 1. The molecule has 1 saturated heterocycles. The molecule has 122 valence electrons. The normalized spacial score (nSPS) is 17.3. The van der Waals surface area contributed by atoms with Crippen molar-refractivity contribution in [3.8, 4) is 5.88 Å². The first-order valence-corrected chi connectivity index (χ1v) is 8.04. The second-order valence-electron chi connectivity index (χ2n) is 5.91. The highest BCUT2D eigenvalue weighted by Gasteiger charge is 2.28. The number of benzene rings is 1. The van der Waals surface area contributed by atoms with Crippen LogP contribution in [0.5, 0.6) is 5.88 Å². The number of ether oxygens (including phenoxy) is 1. The summed E-state index contributed by atoms with van der Waals surface area (Å²) in [5.41, 5.74) is 1.08. The third-order valence-corrected chi connectivity index (χ3v) is 4.31. The van der Waals surface area contributed by atoms with Gasteiger partial charge in [0.05, 0.1) is 12.7 Å². The Morgan fingerprint density at radius 3 is 3.04 bits per heavy atom. The van der Waals surface area contributed by atoms with E-state index in [0.29, 0.717) is 25.5 Å². The summed E-state index contributed by atoms with van der Waals surface area (Å²) < 4.78 is 7.78. The molecule has 1 aliphatic rings. The van der Waals surface area contributed by atoms with E-state index >= 15 is 0 Å². The summed E-state index contributed by atoms with van der Waals surface area (Å²) in [6.45, 7) is 1.66. The zero-order valence-electron chi connectivity index (χ0n) is 13.2. The van der Waals surface area contributed by atoms with E-state index in [1.54, 1.807) is 18.6 Å². The number of likely N-dealkylation sites (tertiary alicyclic amines) is 1. The SMILES string of the molecule is O=C(Cn1ccc2ccccc21)N1CCC(Oc2cnccn2)C1. The van der Waals surface area contributed by atoms with Crippen LogP contribution in [-0.2, 0) is 11.3 Å². The number of hydrogen-bond donors (Lipinski definition) is 0. The summed E-state index contributed by atoms with van der Waals surface area (Å²) in [7, 11) is 0. The fourth-order valence-electron chi connectivity index (χ4n) is 3.09. The molecular weight excluding hydrogens is 304 g/mol. The number of aromatic nitrogens is 3. The maximum absolute atomic E-state index is 12.6. The lowest BCUT2D eigenvalue weighted by Crippen LogP contribution is -2.33. The van der Waals surface area contributed by atoms with Crippen LogP contribution in [0.4, 0.5) is 0 Å². The molecule has 6 heteroatoms. The van der Waals surface area contributed by atoms with Crippen molar-refractivity contribution in [1.29, 1.82) is 0 Å². The minimum Gasteiger partial charge on any atom is -0.471 e. The average molecular weight is 322 g/mol. The van der Waals surface area contributed by atoms with Gasteiger partial charge in [0.15, 0.2) is 0 Å². The minimum absolute atomic E-state index is 0.0212. The molecule has 0 aliphatic carbocycles. The summed E-state index contributed by atoms with van der Waals surface area (Å²) in [6.07, 6.45) is 7.56. The molecule has 1 amide bonds. The smallest absolute Gasteiger partial charge is 0.242 e. The molecule has 1 unspecified atom stereocenters. The van der Waals surface area contributed by atoms with Crippen molar-refractivity contribution in [1.82, 2.24) is 19.4 Å². The maximum Gasteiger partial charge on any atom is 0.242 e. The van der Waals surface area contributed by atoms with E-state index in [-0.39, 0.29) is 12.0 Å². The monoisotopic (exact) mass is 322 g/mol. The van der Waals surface area contributed by atoms with Crippen molar-refractivity contribution in [2.45, 2.75) is 19.1 Å². The van der Waals surface area contributed by atoms with Crippen molar-refractivity contribution in [2.24, 2.45) is 0 Å². The van der Waals surface area contributed by atoms with Gasteiger partial charge in [-0.15, -0.1) is 0 Å². The summed E-state index contributed by atoms with van der Waals surface area (Å²) in [6, 6.07) is 10.1. The van der Waals surface area contributed by atoms with Crippen molar-refractivity contribution in [3.63, 3.8) is 0 Å². The lowest BCUT2D eigenvalue weighted by Gasteiger charge is -2.17. The van der Waals surface area contributed by atoms with Gasteiger partial charge < -0.3 is 14.2 Å². The largest absolute Gasteiger partial charge is 0.471 e. The van der Waals surface area contributed by atoms with Crippen molar-refractivity contribution >= 4 is 16.8 Å². The van der Waals surface area contributed by atoms with Crippen LogP contribution in [0.1, 0.15) is 6.42 Å². The summed E-state index contributed by atoms with van der Waals surface area (Å²) in [5, 5.41) is 1.15. The molecular formula is C18H18N4O2. The molecule has 2 aromatic heterocycles. The van der Waals surface area contributed by atoms with Crippen molar-refractivity contribution < 1.29 is 9.53 Å². The number of rotatable bonds is 4. The molecule has 6 nitrogen and oxygen atoms in total. The number of para-hydroxylation sites is 1. The van der Waals surface area contributed by atoms with Gasteiger partial charge in [0.1, 0.15) is 12.6 Å². The number of amides is 1. The predicted octanol–water partition coefficient (Wildman–Crippen LogP) is 2.11. The maximum atomic E-state index is 12.6. The number of nitrogens with zero attached hydrogens (tertiary/aromatic N) is 4. The summed E-state index contributed by atoms with van der Waals surface area (Å²) >= 11 is 0. The van der Waals surface area contributed by atoms with Gasteiger partial charge in [-0.3, -0.25) is 9.78 Å². The van der Waals surface area contributed by atoms with E-state index in [9.17, 15) is 4.79 Å². The average Bonchev–Trinajstić information content (AvgIpc) is 3.24. The molecule has 1 aromatic carbocycles. The Hall–Kier alpha value is -2.89. The minimum atomic E-state index is -0.0212. The van der Waals surface area contributed by atoms with Crippen LogP contribution in [-0.4, -0.2) is 44.5 Å². The van der Waals surface area contributed by atoms with Gasteiger partial charge in [-0.05, 0) is 17.5 Å². The first kappa shape index (κ1) is 14.7. The molecule has 0 saturated carbocycles. The van der Waals surface area contributed by atoms with Crippen LogP contribution in [0.25, 0.3) is 10.9 Å². The van der Waals surface area contributed by atoms with Crippen LogP contribution in [0.15, 0.2) is 55.1 Å². The number of carbonyl (C=O) groups is 1. The Morgan fingerprint density at radius 1 is 1.25 bits per heavy atom. The Bertz CT molecular complexity index is 846. The standard InChI is InChI=1S/C18H18N4O2/c23-18(13-21-9-5-14-3-1-2-4-16(14)21)22-10-6-15(12-22)24-17-11-19-7-8-20-17/h1-5,7-9,11,15H,6,10,12-13H2. The van der Waals surface area contributed by atoms with Crippen LogP contribution < -0.4 is 4.74 Å². The Labute approximate surface area is 139 Å². The van der Waals surface area contributed by atoms with Gasteiger partial charge in [-0.1, -0.05) is 18.2 Å². The topological polar surface area (TPSA) is 60.2 Å². The first-order chi connectivity index (χ1) is 11.8. The van der Waals surface area contributed by atoms with Crippen molar-refractivity contribution in [2.75, 3.05) is 13.1 Å². The first-order valence-electron chi connectivity index (χ1n) is 8.04. The molecule has 1 fully saturated rings. The zero-order valence-corrected chi connectivity index (χ0v) is 13.2. The van der Waals surface area contributed by atoms with Gasteiger partial charge in [0.2, 0.25) is 11.8 Å². The molecule has 0 radical (unpaired) electrons. The molecule has 3 aromatic rings. The summed E-state index contributed by atoms with van der Waals surface area (Å²) in [4.78, 5) is 22.5. The zero-order chi connectivity index (χ0) is 16.4. The van der Waals surface area contributed by atoms with E-state index in [1.807, 2.05) is 39.9 Å². The highest BCUT2D eigenvalue weighted by atomic mass is 16.5. The molecule has 0 N–H and O–H groups in total. The second kappa shape index (κ2) is 6.31. The second-order valence-corrected chi connectivity index (χ2v) is 5.91. The molecule has 0 bridgehead atoms.